The van der Waals surface area contributed by atoms with Crippen LogP contribution in [0.3, 0.4) is 0 Å². The number of hydrogen-bond acceptors (Lipinski definition) is 3. The van der Waals surface area contributed by atoms with Crippen LogP contribution in [-0.4, -0.2) is 23.8 Å². The summed E-state index contributed by atoms with van der Waals surface area (Å²) in [6.45, 7) is 2.18. The summed E-state index contributed by atoms with van der Waals surface area (Å²) in [5.41, 5.74) is 0. The summed E-state index contributed by atoms with van der Waals surface area (Å²) in [4.78, 5) is 11.1. The molecule has 0 spiro atoms. The third-order valence-corrected chi connectivity index (χ3v) is 2.07. The van der Waals surface area contributed by atoms with Gasteiger partial charge < -0.3 is 9.84 Å². The zero-order valence-electron chi connectivity index (χ0n) is 6.75. The molecule has 1 aliphatic rings. The first-order valence-corrected chi connectivity index (χ1v) is 4.10. The molecule has 0 amide bonds. The van der Waals surface area contributed by atoms with Gasteiger partial charge in [-0.05, 0) is 26.2 Å². The summed E-state index contributed by atoms with van der Waals surface area (Å²) in [5.74, 6) is -0.493. The largest absolute Gasteiger partial charge is 0.466 e. The average molecular weight is 158 g/mol. The van der Waals surface area contributed by atoms with Crippen molar-refractivity contribution in [2.75, 3.05) is 6.61 Å². The van der Waals surface area contributed by atoms with Crippen molar-refractivity contribution in [3.63, 3.8) is 0 Å². The van der Waals surface area contributed by atoms with Crippen LogP contribution in [0.25, 0.3) is 0 Å². The van der Waals surface area contributed by atoms with Crippen LogP contribution < -0.4 is 0 Å². The van der Waals surface area contributed by atoms with Crippen LogP contribution in [-0.2, 0) is 9.53 Å². The van der Waals surface area contributed by atoms with Crippen molar-refractivity contribution >= 4 is 5.97 Å². The maximum absolute atomic E-state index is 11.1. The van der Waals surface area contributed by atoms with Crippen molar-refractivity contribution in [3.05, 3.63) is 0 Å². The maximum Gasteiger partial charge on any atom is 0.311 e. The molecular formula is C8H14O3. The Hall–Kier alpha value is -0.570. The molecule has 3 heteroatoms. The summed E-state index contributed by atoms with van der Waals surface area (Å²) in [6.07, 6.45) is 1.99. The van der Waals surface area contributed by atoms with Crippen molar-refractivity contribution in [2.45, 2.75) is 32.3 Å². The highest BCUT2D eigenvalue weighted by molar-refractivity contribution is 5.73. The van der Waals surface area contributed by atoms with Gasteiger partial charge >= 0.3 is 5.97 Å². The fourth-order valence-corrected chi connectivity index (χ4v) is 1.46. The molecule has 1 rings (SSSR count). The van der Waals surface area contributed by atoms with Gasteiger partial charge in [0.05, 0.1) is 18.6 Å². The molecule has 0 aromatic heterocycles. The molecular weight excluding hydrogens is 144 g/mol. The predicted octanol–water partition coefficient (Wildman–Crippen LogP) is 0.710. The highest BCUT2D eigenvalue weighted by Crippen LogP contribution is 2.26. The second-order valence-electron chi connectivity index (χ2n) is 2.86. The molecule has 2 atom stereocenters. The van der Waals surface area contributed by atoms with Crippen molar-refractivity contribution in [1.82, 2.24) is 0 Å². The molecule has 0 saturated heterocycles. The molecule has 1 N–H and O–H groups in total. The molecule has 0 radical (unpaired) electrons. The van der Waals surface area contributed by atoms with Crippen LogP contribution >= 0.6 is 0 Å². The number of ether oxygens (including phenoxy) is 1. The maximum atomic E-state index is 11.1. The van der Waals surface area contributed by atoms with E-state index in [1.54, 1.807) is 6.92 Å². The molecule has 0 aromatic rings. The Bertz CT molecular complexity index is 144. The smallest absolute Gasteiger partial charge is 0.311 e. The van der Waals surface area contributed by atoms with Crippen LogP contribution in [0.5, 0.6) is 0 Å². The summed E-state index contributed by atoms with van der Waals surface area (Å²) in [5, 5.41) is 9.29. The van der Waals surface area contributed by atoms with Crippen molar-refractivity contribution in [1.29, 1.82) is 0 Å². The lowest BCUT2D eigenvalue weighted by atomic mass is 10.1. The molecule has 3 nitrogen and oxygen atoms in total. The molecule has 0 bridgehead atoms. The van der Waals surface area contributed by atoms with E-state index >= 15 is 0 Å². The van der Waals surface area contributed by atoms with E-state index in [9.17, 15) is 9.90 Å². The molecule has 0 aliphatic heterocycles. The van der Waals surface area contributed by atoms with E-state index < -0.39 is 6.10 Å². The topological polar surface area (TPSA) is 46.5 Å². The fraction of sp³-hybridized carbons (Fsp3) is 0.875. The number of carbonyl (C=O) groups is 1. The SMILES string of the molecule is CCOC(=O)[C@H]1CCCC1O. The second kappa shape index (κ2) is 3.72. The van der Waals surface area contributed by atoms with Crippen LogP contribution in [0.1, 0.15) is 26.2 Å². The highest BCUT2D eigenvalue weighted by atomic mass is 16.5. The first-order valence-electron chi connectivity index (χ1n) is 4.10. The monoisotopic (exact) mass is 158 g/mol. The van der Waals surface area contributed by atoms with E-state index in [1.165, 1.54) is 0 Å². The Morgan fingerprint density at radius 3 is 2.82 bits per heavy atom. The first-order chi connectivity index (χ1) is 5.25. The van der Waals surface area contributed by atoms with E-state index in [1.807, 2.05) is 0 Å². The fourth-order valence-electron chi connectivity index (χ4n) is 1.46. The summed E-state index contributed by atoms with van der Waals surface area (Å²) in [6, 6.07) is 0. The van der Waals surface area contributed by atoms with Gasteiger partial charge in [-0.25, -0.2) is 0 Å². The number of aliphatic hydroxyl groups excluding tert-OH is 1. The molecule has 0 heterocycles. The van der Waals surface area contributed by atoms with E-state index in [4.69, 9.17) is 4.74 Å². The quantitative estimate of drug-likeness (QED) is 0.602. The van der Waals surface area contributed by atoms with Gasteiger partial charge in [0.25, 0.3) is 0 Å². The van der Waals surface area contributed by atoms with Gasteiger partial charge in [-0.1, -0.05) is 0 Å². The molecule has 64 valence electrons. The standard InChI is InChI=1S/C8H14O3/c1-2-11-8(10)6-4-3-5-7(6)9/h6-7,9H,2-5H2,1H3/t6-,7?/m0/s1. The Morgan fingerprint density at radius 1 is 1.64 bits per heavy atom. The zero-order valence-corrected chi connectivity index (χ0v) is 6.75. The second-order valence-corrected chi connectivity index (χ2v) is 2.86. The van der Waals surface area contributed by atoms with E-state index in [-0.39, 0.29) is 11.9 Å². The molecule has 11 heavy (non-hydrogen) atoms. The number of carbonyl (C=O) groups excluding carboxylic acids is 1. The average Bonchev–Trinajstić information content (AvgIpc) is 2.36. The van der Waals surface area contributed by atoms with Crippen LogP contribution in [0.15, 0.2) is 0 Å². The Labute approximate surface area is 66.4 Å². The molecule has 1 unspecified atom stereocenters. The third kappa shape index (κ3) is 1.93. The molecule has 1 fully saturated rings. The van der Waals surface area contributed by atoms with Gasteiger partial charge in [0.2, 0.25) is 0 Å². The highest BCUT2D eigenvalue weighted by Gasteiger charge is 2.32. The predicted molar refractivity (Wildman–Crippen MR) is 40.0 cm³/mol. The van der Waals surface area contributed by atoms with Gasteiger partial charge in [0, 0.05) is 0 Å². The molecule has 1 saturated carbocycles. The lowest BCUT2D eigenvalue weighted by Gasteiger charge is -2.11. The van der Waals surface area contributed by atoms with Gasteiger partial charge in [-0.15, -0.1) is 0 Å². The van der Waals surface area contributed by atoms with E-state index in [0.29, 0.717) is 6.61 Å². The number of hydrogen-bond donors (Lipinski definition) is 1. The Kier molecular flexibility index (Phi) is 2.88. The minimum Gasteiger partial charge on any atom is -0.466 e. The van der Waals surface area contributed by atoms with Crippen LogP contribution in [0.4, 0.5) is 0 Å². The van der Waals surface area contributed by atoms with E-state index in [2.05, 4.69) is 0 Å². The summed E-state index contributed by atoms with van der Waals surface area (Å²) >= 11 is 0. The van der Waals surface area contributed by atoms with Crippen molar-refractivity contribution < 1.29 is 14.6 Å². The lowest BCUT2D eigenvalue weighted by Crippen LogP contribution is -2.24. The summed E-state index contributed by atoms with van der Waals surface area (Å²) in [7, 11) is 0. The zero-order chi connectivity index (χ0) is 8.27. The van der Waals surface area contributed by atoms with Crippen molar-refractivity contribution in [3.8, 4) is 0 Å². The minimum absolute atomic E-state index is 0.238. The molecule has 0 aromatic carbocycles. The number of aliphatic hydroxyl groups is 1. The normalized spacial score (nSPS) is 30.4. The number of rotatable bonds is 2. The third-order valence-electron chi connectivity index (χ3n) is 2.07. The van der Waals surface area contributed by atoms with Gasteiger partial charge in [0.15, 0.2) is 0 Å². The van der Waals surface area contributed by atoms with Crippen molar-refractivity contribution in [2.24, 2.45) is 5.92 Å². The van der Waals surface area contributed by atoms with Gasteiger partial charge in [-0.2, -0.15) is 0 Å². The van der Waals surface area contributed by atoms with Crippen LogP contribution in [0.2, 0.25) is 0 Å². The Morgan fingerprint density at radius 2 is 2.36 bits per heavy atom. The Balaban J connectivity index is 2.39. The van der Waals surface area contributed by atoms with Gasteiger partial charge in [0.1, 0.15) is 0 Å². The minimum atomic E-state index is -0.464. The van der Waals surface area contributed by atoms with E-state index in [0.717, 1.165) is 19.3 Å². The summed E-state index contributed by atoms with van der Waals surface area (Å²) < 4.78 is 4.80. The molecule has 1 aliphatic carbocycles. The lowest BCUT2D eigenvalue weighted by molar-refractivity contribution is -0.150. The first kappa shape index (κ1) is 8.53. The van der Waals surface area contributed by atoms with Gasteiger partial charge in [-0.3, -0.25) is 4.79 Å². The number of esters is 1. The van der Waals surface area contributed by atoms with Crippen LogP contribution in [0, 0.1) is 5.92 Å².